The second-order valence-corrected chi connectivity index (χ2v) is 9.41. The van der Waals surface area contributed by atoms with Crippen LogP contribution in [0.3, 0.4) is 0 Å². The molecule has 1 aliphatic heterocycles. The highest BCUT2D eigenvalue weighted by molar-refractivity contribution is 6.30. The fourth-order valence-corrected chi connectivity index (χ4v) is 3.51. The molecule has 6 heteroatoms. The van der Waals surface area contributed by atoms with Crippen molar-refractivity contribution in [3.05, 3.63) is 34.9 Å². The number of hydrogen-bond donors (Lipinski definition) is 1. The minimum Gasteiger partial charge on any atom is -0.444 e. The summed E-state index contributed by atoms with van der Waals surface area (Å²) in [7, 11) is 0. The predicted octanol–water partition coefficient (Wildman–Crippen LogP) is 5.13. The summed E-state index contributed by atoms with van der Waals surface area (Å²) < 4.78 is 5.46. The van der Waals surface area contributed by atoms with Gasteiger partial charge in [0.15, 0.2) is 0 Å². The van der Waals surface area contributed by atoms with Crippen molar-refractivity contribution in [2.75, 3.05) is 13.1 Å². The average Bonchev–Trinajstić information content (AvgIpc) is 2.60. The number of halogens is 1. The number of likely N-dealkylation sites (tertiary alicyclic amines) is 1. The number of amides is 2. The summed E-state index contributed by atoms with van der Waals surface area (Å²) in [6, 6.07) is 7.05. The molecule has 1 heterocycles. The maximum atomic E-state index is 12.6. The van der Waals surface area contributed by atoms with Gasteiger partial charge in [0.1, 0.15) is 5.60 Å². The molecule has 1 N–H and O–H groups in total. The fourth-order valence-electron chi connectivity index (χ4n) is 3.39. The molecule has 0 bridgehead atoms. The Labute approximate surface area is 173 Å². The molecule has 0 aromatic heterocycles. The Morgan fingerprint density at radius 1 is 1.18 bits per heavy atom. The molecule has 1 aromatic carbocycles. The van der Waals surface area contributed by atoms with Gasteiger partial charge in [-0.25, -0.2) is 4.79 Å². The lowest BCUT2D eigenvalue weighted by Gasteiger charge is -2.35. The molecule has 1 saturated heterocycles. The molecule has 2 amide bonds. The van der Waals surface area contributed by atoms with Crippen LogP contribution in [0.4, 0.5) is 4.79 Å². The largest absolute Gasteiger partial charge is 0.444 e. The van der Waals surface area contributed by atoms with E-state index in [-0.39, 0.29) is 18.0 Å². The molecule has 28 heavy (non-hydrogen) atoms. The van der Waals surface area contributed by atoms with Gasteiger partial charge in [0.2, 0.25) is 0 Å². The van der Waals surface area contributed by atoms with Crippen LogP contribution in [0.15, 0.2) is 24.3 Å². The summed E-state index contributed by atoms with van der Waals surface area (Å²) in [5, 5.41) is 3.80. The van der Waals surface area contributed by atoms with Gasteiger partial charge < -0.3 is 15.0 Å². The second kappa shape index (κ2) is 9.64. The normalized spacial score (nSPS) is 16.8. The van der Waals surface area contributed by atoms with E-state index in [1.54, 1.807) is 29.2 Å². The summed E-state index contributed by atoms with van der Waals surface area (Å²) in [5.41, 5.74) is 0.151. The number of ether oxygens (including phenoxy) is 1. The first-order chi connectivity index (χ1) is 13.0. The van der Waals surface area contributed by atoms with Crippen LogP contribution in [0.5, 0.6) is 0 Å². The summed E-state index contributed by atoms with van der Waals surface area (Å²) in [6.07, 6.45) is 2.54. The number of nitrogens with zero attached hydrogens (tertiary/aromatic N) is 1. The molecule has 1 aromatic rings. The van der Waals surface area contributed by atoms with Crippen LogP contribution in [-0.2, 0) is 4.74 Å². The van der Waals surface area contributed by atoms with E-state index in [1.807, 2.05) is 20.8 Å². The molecule has 5 nitrogen and oxygen atoms in total. The van der Waals surface area contributed by atoms with E-state index in [0.717, 1.165) is 19.3 Å². The second-order valence-electron chi connectivity index (χ2n) is 8.98. The zero-order chi connectivity index (χ0) is 20.9. The van der Waals surface area contributed by atoms with Gasteiger partial charge in [-0.3, -0.25) is 4.79 Å². The lowest BCUT2D eigenvalue weighted by molar-refractivity contribution is 0.0176. The van der Waals surface area contributed by atoms with E-state index in [4.69, 9.17) is 16.3 Å². The van der Waals surface area contributed by atoms with E-state index in [1.165, 1.54) is 0 Å². The Hall–Kier alpha value is -1.75. The van der Waals surface area contributed by atoms with Crippen LogP contribution in [0, 0.1) is 11.8 Å². The van der Waals surface area contributed by atoms with E-state index in [9.17, 15) is 9.59 Å². The molecular weight excluding hydrogens is 376 g/mol. The van der Waals surface area contributed by atoms with Crippen molar-refractivity contribution in [3.8, 4) is 0 Å². The number of nitrogens with one attached hydrogen (secondary N) is 1. The van der Waals surface area contributed by atoms with Gasteiger partial charge in [-0.2, -0.15) is 0 Å². The standard InChI is InChI=1S/C22H33ClN2O3/c1-15(2)19(24-20(26)17-6-8-18(23)9-7-17)14-16-10-12-25(13-11-16)21(27)28-22(3,4)5/h6-9,15-16,19H,10-14H2,1-5H3,(H,24,26). The third kappa shape index (κ3) is 7.01. The monoisotopic (exact) mass is 408 g/mol. The van der Waals surface area contributed by atoms with Crippen molar-refractivity contribution in [1.29, 1.82) is 0 Å². The quantitative estimate of drug-likeness (QED) is 0.734. The van der Waals surface area contributed by atoms with Crippen LogP contribution in [0.2, 0.25) is 5.02 Å². The molecule has 1 atom stereocenters. The summed E-state index contributed by atoms with van der Waals surface area (Å²) >= 11 is 5.90. The number of rotatable bonds is 5. The molecule has 0 saturated carbocycles. The topological polar surface area (TPSA) is 58.6 Å². The SMILES string of the molecule is CC(C)C(CC1CCN(C(=O)OC(C)(C)C)CC1)NC(=O)c1ccc(Cl)cc1. The van der Waals surface area contributed by atoms with Gasteiger partial charge in [0.05, 0.1) is 0 Å². The maximum Gasteiger partial charge on any atom is 0.410 e. The highest BCUT2D eigenvalue weighted by Crippen LogP contribution is 2.25. The highest BCUT2D eigenvalue weighted by Gasteiger charge is 2.29. The first-order valence-electron chi connectivity index (χ1n) is 10.1. The van der Waals surface area contributed by atoms with Crippen LogP contribution >= 0.6 is 11.6 Å². The number of carbonyl (C=O) groups excluding carboxylic acids is 2. The van der Waals surface area contributed by atoms with E-state index in [0.29, 0.717) is 35.5 Å². The van der Waals surface area contributed by atoms with Gasteiger partial charge >= 0.3 is 6.09 Å². The zero-order valence-corrected chi connectivity index (χ0v) is 18.4. The third-order valence-corrected chi connectivity index (χ3v) is 5.33. The molecule has 0 aliphatic carbocycles. The molecule has 2 rings (SSSR count). The van der Waals surface area contributed by atoms with Crippen LogP contribution in [-0.4, -0.2) is 41.6 Å². The van der Waals surface area contributed by atoms with Crippen LogP contribution in [0.25, 0.3) is 0 Å². The summed E-state index contributed by atoms with van der Waals surface area (Å²) in [6.45, 7) is 11.3. The third-order valence-electron chi connectivity index (χ3n) is 5.08. The average molecular weight is 409 g/mol. The minimum atomic E-state index is -0.470. The molecule has 1 aliphatic rings. The van der Waals surface area contributed by atoms with Crippen LogP contribution < -0.4 is 5.32 Å². The number of benzene rings is 1. The Bertz CT molecular complexity index is 659. The fraction of sp³-hybridized carbons (Fsp3) is 0.636. The highest BCUT2D eigenvalue weighted by atomic mass is 35.5. The molecule has 0 radical (unpaired) electrons. The first kappa shape index (κ1) is 22.5. The van der Waals surface area contributed by atoms with Crippen molar-refractivity contribution in [2.45, 2.75) is 65.5 Å². The van der Waals surface area contributed by atoms with Gasteiger partial charge in [0.25, 0.3) is 5.91 Å². The van der Waals surface area contributed by atoms with Gasteiger partial charge in [-0.1, -0.05) is 25.4 Å². The van der Waals surface area contributed by atoms with E-state index < -0.39 is 5.60 Å². The van der Waals surface area contributed by atoms with Crippen molar-refractivity contribution in [2.24, 2.45) is 11.8 Å². The van der Waals surface area contributed by atoms with Gasteiger partial charge in [0, 0.05) is 29.7 Å². The van der Waals surface area contributed by atoms with E-state index >= 15 is 0 Å². The van der Waals surface area contributed by atoms with Crippen molar-refractivity contribution in [3.63, 3.8) is 0 Å². The van der Waals surface area contributed by atoms with E-state index in [2.05, 4.69) is 19.2 Å². The Morgan fingerprint density at radius 2 is 1.75 bits per heavy atom. The smallest absolute Gasteiger partial charge is 0.410 e. The summed E-state index contributed by atoms with van der Waals surface area (Å²) in [5.74, 6) is 0.748. The summed E-state index contributed by atoms with van der Waals surface area (Å²) in [4.78, 5) is 26.6. The number of carbonyl (C=O) groups is 2. The minimum absolute atomic E-state index is 0.0680. The molecule has 156 valence electrons. The molecule has 1 fully saturated rings. The Balaban J connectivity index is 1.87. The van der Waals surface area contributed by atoms with Crippen molar-refractivity contribution in [1.82, 2.24) is 10.2 Å². The lowest BCUT2D eigenvalue weighted by Crippen LogP contribution is -2.44. The van der Waals surface area contributed by atoms with Crippen molar-refractivity contribution < 1.29 is 14.3 Å². The molecular formula is C22H33ClN2O3. The first-order valence-corrected chi connectivity index (χ1v) is 10.5. The van der Waals surface area contributed by atoms with Crippen LogP contribution in [0.1, 0.15) is 64.2 Å². The predicted molar refractivity (Wildman–Crippen MR) is 113 cm³/mol. The number of piperidine rings is 1. The Kier molecular flexibility index (Phi) is 7.76. The van der Waals surface area contributed by atoms with Crippen molar-refractivity contribution >= 4 is 23.6 Å². The number of hydrogen-bond acceptors (Lipinski definition) is 3. The van der Waals surface area contributed by atoms with Gasteiger partial charge in [-0.15, -0.1) is 0 Å². The lowest BCUT2D eigenvalue weighted by atomic mass is 9.86. The molecule has 1 unspecified atom stereocenters. The maximum absolute atomic E-state index is 12.6. The van der Waals surface area contributed by atoms with Gasteiger partial charge in [-0.05, 0) is 76.1 Å². The zero-order valence-electron chi connectivity index (χ0n) is 17.6. The molecule has 0 spiro atoms. The Morgan fingerprint density at radius 3 is 2.25 bits per heavy atom.